The van der Waals surface area contributed by atoms with E-state index in [4.69, 9.17) is 11.3 Å². The molecule has 0 aliphatic carbocycles. The van der Waals surface area contributed by atoms with Gasteiger partial charge in [-0.3, -0.25) is 9.55 Å². The van der Waals surface area contributed by atoms with E-state index in [1.807, 2.05) is 51.2 Å². The molecule has 0 saturated carbocycles. The summed E-state index contributed by atoms with van der Waals surface area (Å²) in [5.74, 6) is 0.190. The minimum absolute atomic E-state index is 0. The number of pyridine rings is 1. The van der Waals surface area contributed by atoms with E-state index < -0.39 is 5.89 Å². The van der Waals surface area contributed by atoms with Gasteiger partial charge >= 0.3 is 0 Å². The van der Waals surface area contributed by atoms with Crippen molar-refractivity contribution in [3.8, 4) is 89.7 Å². The van der Waals surface area contributed by atoms with E-state index in [0.29, 0.717) is 11.4 Å². The van der Waals surface area contributed by atoms with Gasteiger partial charge in [-0.2, -0.15) is 0 Å². The predicted octanol–water partition coefficient (Wildman–Crippen LogP) is 17.9. The van der Waals surface area contributed by atoms with Crippen molar-refractivity contribution in [1.29, 1.82) is 0 Å². The molecule has 0 aliphatic heterocycles. The molecule has 2 heterocycles. The summed E-state index contributed by atoms with van der Waals surface area (Å²) in [4.78, 5) is 10.6. The first-order chi connectivity index (χ1) is 34.3. The zero-order chi connectivity index (χ0) is 50.7. The molecule has 2 aromatic heterocycles. The molecule has 0 spiro atoms. The number of para-hydroxylation sites is 1. The number of fused-ring (bicyclic) bond motifs is 1. The largest absolute Gasteiger partial charge is 0.507 e. The van der Waals surface area contributed by atoms with Crippen LogP contribution in [0.3, 0.4) is 0 Å². The average molecular weight is 1120 g/mol. The first kappa shape index (κ1) is 48.5. The molecule has 5 heteroatoms. The summed E-state index contributed by atoms with van der Waals surface area (Å²) in [6, 6.07) is 65.8. The summed E-state index contributed by atoms with van der Waals surface area (Å²) in [6.45, 7) is 21.5. The zero-order valence-corrected chi connectivity index (χ0v) is 45.2. The standard InChI is InChI=1S/C67H62N3O.Pt/c1-42(2)45-27-29-47(30-28-45)49-33-34-68-59(40-49)53-38-51(46-19-13-11-14-20-46)37-52(39-53)56-24-18-26-61-63(56)69-65(57-41-54(66(5,6)7)36-44(4)64(57)71)70(61)60-32-31-50(35-43(60)3)62-55(48-21-15-12-16-22-48)23-17-25-58(62)67(8,9)10;/h11-38,40-42,71H,1-10H3;/q-1;/i42D;. The fourth-order valence-electron chi connectivity index (χ4n) is 9.94. The van der Waals surface area contributed by atoms with Crippen LogP contribution in [0.25, 0.3) is 95.0 Å². The Hall–Kier alpha value is -7.13. The van der Waals surface area contributed by atoms with Crippen molar-refractivity contribution in [3.63, 3.8) is 0 Å². The molecule has 0 unspecified atom stereocenters. The van der Waals surface area contributed by atoms with E-state index in [-0.39, 0.29) is 37.6 Å². The number of benzene rings is 8. The second-order valence-electron chi connectivity index (χ2n) is 21.3. The van der Waals surface area contributed by atoms with E-state index >= 15 is 0 Å². The number of hydrogen-bond donors (Lipinski definition) is 1. The number of aromatic nitrogens is 3. The number of hydrogen-bond acceptors (Lipinski definition) is 3. The fourth-order valence-corrected chi connectivity index (χ4v) is 9.94. The molecular weight excluding hydrogens is 1060 g/mol. The minimum Gasteiger partial charge on any atom is -0.507 e. The summed E-state index contributed by atoms with van der Waals surface area (Å²) in [5.41, 5.74) is 20.7. The number of phenols is 1. The van der Waals surface area contributed by atoms with E-state index in [1.165, 1.54) is 22.3 Å². The van der Waals surface area contributed by atoms with Crippen LogP contribution >= 0.6 is 0 Å². The smallest absolute Gasteiger partial charge is 0.148 e. The van der Waals surface area contributed by atoms with Crippen LogP contribution in [0.4, 0.5) is 0 Å². The molecule has 10 aromatic rings. The molecule has 0 aliphatic rings. The Morgan fingerprint density at radius 1 is 0.556 bits per heavy atom. The predicted molar refractivity (Wildman–Crippen MR) is 298 cm³/mol. The Morgan fingerprint density at radius 2 is 1.19 bits per heavy atom. The number of rotatable bonds is 9. The van der Waals surface area contributed by atoms with E-state index in [1.54, 1.807) is 0 Å². The number of nitrogens with zero attached hydrogens (tertiary/aromatic N) is 3. The van der Waals surface area contributed by atoms with E-state index in [9.17, 15) is 5.11 Å². The van der Waals surface area contributed by atoms with Crippen molar-refractivity contribution in [1.82, 2.24) is 14.5 Å². The van der Waals surface area contributed by atoms with Gasteiger partial charge in [0.05, 0.1) is 22.3 Å². The minimum atomic E-state index is -0.685. The summed E-state index contributed by atoms with van der Waals surface area (Å²) in [5, 5.41) is 12.1. The molecule has 8 aromatic carbocycles. The zero-order valence-electron chi connectivity index (χ0n) is 43.9. The quantitative estimate of drug-likeness (QED) is 0.147. The van der Waals surface area contributed by atoms with Crippen LogP contribution in [0, 0.1) is 19.9 Å². The van der Waals surface area contributed by atoms with Crippen molar-refractivity contribution in [2.45, 2.75) is 86.0 Å². The maximum atomic E-state index is 12.1. The van der Waals surface area contributed by atoms with E-state index in [0.717, 1.165) is 89.2 Å². The molecule has 0 atom stereocenters. The molecule has 362 valence electrons. The van der Waals surface area contributed by atoms with Gasteiger partial charge in [-0.25, -0.2) is 4.98 Å². The molecule has 4 nitrogen and oxygen atoms in total. The number of aromatic hydroxyl groups is 1. The van der Waals surface area contributed by atoms with Gasteiger partial charge in [0.25, 0.3) is 0 Å². The van der Waals surface area contributed by atoms with Crippen LogP contribution in [0.2, 0.25) is 0 Å². The Balaban J connectivity index is 0.00000656. The van der Waals surface area contributed by atoms with Crippen molar-refractivity contribution in [3.05, 3.63) is 216 Å². The molecule has 10 rings (SSSR count). The molecule has 72 heavy (non-hydrogen) atoms. The van der Waals surface area contributed by atoms with Crippen LogP contribution in [-0.2, 0) is 31.9 Å². The monoisotopic (exact) mass is 1120 g/mol. The van der Waals surface area contributed by atoms with Gasteiger partial charge in [-0.15, -0.1) is 23.8 Å². The molecular formula is C67H62N3OPt-. The fraction of sp³-hybridized carbons (Fsp3) is 0.194. The van der Waals surface area contributed by atoms with Gasteiger partial charge < -0.3 is 5.11 Å². The van der Waals surface area contributed by atoms with Crippen LogP contribution in [-0.4, -0.2) is 19.6 Å². The Morgan fingerprint density at radius 3 is 1.86 bits per heavy atom. The topological polar surface area (TPSA) is 50.9 Å². The Labute approximate surface area is 442 Å². The van der Waals surface area contributed by atoms with Crippen LogP contribution in [0.5, 0.6) is 5.75 Å². The normalized spacial score (nSPS) is 12.2. The molecule has 0 saturated heterocycles. The molecule has 0 fully saturated rings. The molecule has 0 amide bonds. The van der Waals surface area contributed by atoms with E-state index in [2.05, 4.69) is 211 Å². The second-order valence-corrected chi connectivity index (χ2v) is 21.3. The van der Waals surface area contributed by atoms with Crippen LogP contribution in [0.15, 0.2) is 182 Å². The van der Waals surface area contributed by atoms with Crippen LogP contribution in [0.1, 0.15) is 90.5 Å². The number of phenolic OH excluding ortho intramolecular Hbond substituents is 1. The van der Waals surface area contributed by atoms with Gasteiger partial charge in [0, 0.05) is 34.3 Å². The third kappa shape index (κ3) is 9.66. The van der Waals surface area contributed by atoms with Gasteiger partial charge in [0.2, 0.25) is 0 Å². The SMILES string of the molecule is [2H]C(C)(C)c1ccc(-c2ccnc(-c3[c-]c(-c4cccc5c4nc(-c4cc(C(C)(C)C)cc(C)c4O)n5-c4ccc(-c5c(-c6ccccc6)cccc5C(C)(C)C)cc4C)cc(-c4ccccc4)c3)c2)cc1.[Pt]. The number of aryl methyl sites for hydroxylation is 2. The molecule has 0 radical (unpaired) electrons. The summed E-state index contributed by atoms with van der Waals surface area (Å²) < 4.78 is 10.8. The Kier molecular flexibility index (Phi) is 13.3. The third-order valence-electron chi connectivity index (χ3n) is 13.9. The average Bonchev–Trinajstić information content (AvgIpc) is 3.76. The van der Waals surface area contributed by atoms with Crippen molar-refractivity contribution >= 4 is 11.0 Å². The van der Waals surface area contributed by atoms with Gasteiger partial charge in [0.15, 0.2) is 0 Å². The maximum Gasteiger partial charge on any atom is 0.148 e. The Bertz CT molecular complexity index is 3650. The van der Waals surface area contributed by atoms with Crippen molar-refractivity contribution in [2.24, 2.45) is 0 Å². The second kappa shape index (κ2) is 19.8. The number of imidazole rings is 1. The molecule has 1 N–H and O–H groups in total. The summed E-state index contributed by atoms with van der Waals surface area (Å²) >= 11 is 0. The molecule has 0 bridgehead atoms. The first-order valence-electron chi connectivity index (χ1n) is 25.2. The van der Waals surface area contributed by atoms with Gasteiger partial charge in [-0.05, 0) is 128 Å². The van der Waals surface area contributed by atoms with Crippen molar-refractivity contribution < 1.29 is 27.5 Å². The van der Waals surface area contributed by atoms with Gasteiger partial charge in [0.1, 0.15) is 11.6 Å². The van der Waals surface area contributed by atoms with Crippen molar-refractivity contribution in [2.75, 3.05) is 0 Å². The van der Waals surface area contributed by atoms with Crippen LogP contribution < -0.4 is 0 Å². The van der Waals surface area contributed by atoms with Gasteiger partial charge in [-0.1, -0.05) is 206 Å². The first-order valence-corrected chi connectivity index (χ1v) is 24.7. The summed E-state index contributed by atoms with van der Waals surface area (Å²) in [7, 11) is 0. The maximum absolute atomic E-state index is 12.1. The summed E-state index contributed by atoms with van der Waals surface area (Å²) in [6.07, 6.45) is 1.86. The third-order valence-corrected chi connectivity index (χ3v) is 13.9.